The van der Waals surface area contributed by atoms with Crippen LogP contribution in [0.3, 0.4) is 0 Å². The van der Waals surface area contributed by atoms with Crippen LogP contribution in [-0.4, -0.2) is 28.8 Å². The lowest BCUT2D eigenvalue weighted by Gasteiger charge is -2.22. The molecule has 0 unspecified atom stereocenters. The number of hydrogen-bond donors (Lipinski definition) is 1. The second kappa shape index (κ2) is 6.64. The molecule has 1 aromatic heterocycles. The number of nitrogens with zero attached hydrogens (tertiary/aromatic N) is 3. The van der Waals surface area contributed by atoms with Gasteiger partial charge >= 0.3 is 0 Å². The third-order valence-electron chi connectivity index (χ3n) is 2.99. The van der Waals surface area contributed by atoms with Gasteiger partial charge in [0.1, 0.15) is 4.99 Å². The summed E-state index contributed by atoms with van der Waals surface area (Å²) < 4.78 is 0. The van der Waals surface area contributed by atoms with E-state index in [2.05, 4.69) is 35.9 Å². The van der Waals surface area contributed by atoms with Crippen molar-refractivity contribution in [3.63, 3.8) is 0 Å². The fourth-order valence-corrected chi connectivity index (χ4v) is 2.34. The first-order chi connectivity index (χ1) is 8.56. The van der Waals surface area contributed by atoms with E-state index in [4.69, 9.17) is 18.0 Å². The Bertz CT molecular complexity index is 431. The minimum atomic E-state index is 0.411. The third kappa shape index (κ3) is 2.96. The van der Waals surface area contributed by atoms with Crippen molar-refractivity contribution in [2.75, 3.05) is 18.5 Å². The zero-order valence-corrected chi connectivity index (χ0v) is 12.5. The summed E-state index contributed by atoms with van der Waals surface area (Å²) in [6.07, 6.45) is 2.77. The third-order valence-corrected chi connectivity index (χ3v) is 3.20. The van der Waals surface area contributed by atoms with Gasteiger partial charge in [0.25, 0.3) is 0 Å². The first-order valence-corrected chi connectivity index (χ1v) is 6.86. The van der Waals surface area contributed by atoms with E-state index in [1.807, 2.05) is 7.05 Å². The first kappa shape index (κ1) is 14.8. The molecule has 0 amide bonds. The first-order valence-electron chi connectivity index (χ1n) is 6.46. The van der Waals surface area contributed by atoms with E-state index in [0.717, 1.165) is 48.4 Å². The van der Waals surface area contributed by atoms with Crippen molar-refractivity contribution in [2.45, 2.75) is 40.0 Å². The number of anilines is 1. The van der Waals surface area contributed by atoms with Crippen molar-refractivity contribution in [3.8, 4) is 0 Å². The standard InChI is InChI=1S/C13H22N4S/c1-5-8-17(4)13-11(12(14)18)9(6-2)10(7-3)15-16-13/h5-8H2,1-4H3,(H2,14,18). The van der Waals surface area contributed by atoms with Gasteiger partial charge in [-0.2, -0.15) is 5.10 Å². The molecule has 1 aromatic rings. The molecule has 1 heterocycles. The Morgan fingerprint density at radius 2 is 1.89 bits per heavy atom. The van der Waals surface area contributed by atoms with E-state index in [1.54, 1.807) is 0 Å². The summed E-state index contributed by atoms with van der Waals surface area (Å²) in [4.78, 5) is 2.48. The Labute approximate surface area is 115 Å². The molecule has 0 saturated carbocycles. The molecular weight excluding hydrogens is 244 g/mol. The summed E-state index contributed by atoms with van der Waals surface area (Å²) in [6, 6.07) is 0. The molecule has 18 heavy (non-hydrogen) atoms. The largest absolute Gasteiger partial charge is 0.389 e. The molecule has 0 radical (unpaired) electrons. The van der Waals surface area contributed by atoms with Gasteiger partial charge in [-0.05, 0) is 24.8 Å². The smallest absolute Gasteiger partial charge is 0.161 e. The summed E-state index contributed by atoms with van der Waals surface area (Å²) in [6.45, 7) is 7.22. The highest BCUT2D eigenvalue weighted by atomic mass is 32.1. The van der Waals surface area contributed by atoms with Gasteiger partial charge in [-0.25, -0.2) is 0 Å². The maximum Gasteiger partial charge on any atom is 0.161 e. The molecule has 0 bridgehead atoms. The molecular formula is C13H22N4S. The van der Waals surface area contributed by atoms with E-state index in [1.165, 1.54) is 0 Å². The van der Waals surface area contributed by atoms with Crippen LogP contribution in [-0.2, 0) is 12.8 Å². The summed E-state index contributed by atoms with van der Waals surface area (Å²) in [5.74, 6) is 0.804. The van der Waals surface area contributed by atoms with E-state index >= 15 is 0 Å². The molecule has 0 aromatic carbocycles. The van der Waals surface area contributed by atoms with Gasteiger partial charge in [0.15, 0.2) is 5.82 Å². The zero-order valence-electron chi connectivity index (χ0n) is 11.7. The Kier molecular flexibility index (Phi) is 5.47. The molecule has 2 N–H and O–H groups in total. The average molecular weight is 266 g/mol. The molecule has 0 aliphatic heterocycles. The van der Waals surface area contributed by atoms with Crippen LogP contribution in [0.1, 0.15) is 44.0 Å². The molecule has 5 heteroatoms. The lowest BCUT2D eigenvalue weighted by molar-refractivity contribution is 0.798. The number of aromatic nitrogens is 2. The minimum absolute atomic E-state index is 0.411. The van der Waals surface area contributed by atoms with Crippen LogP contribution in [0.25, 0.3) is 0 Å². The molecule has 0 aliphatic rings. The summed E-state index contributed by atoms with van der Waals surface area (Å²) in [7, 11) is 2.00. The van der Waals surface area contributed by atoms with Crippen molar-refractivity contribution >= 4 is 23.0 Å². The van der Waals surface area contributed by atoms with Gasteiger partial charge in [-0.15, -0.1) is 5.10 Å². The molecule has 100 valence electrons. The molecule has 0 spiro atoms. The molecule has 4 nitrogen and oxygen atoms in total. The Morgan fingerprint density at radius 1 is 1.22 bits per heavy atom. The van der Waals surface area contributed by atoms with Crippen LogP contribution in [0, 0.1) is 0 Å². The molecule has 0 saturated heterocycles. The van der Waals surface area contributed by atoms with Crippen LogP contribution in [0.4, 0.5) is 5.82 Å². The van der Waals surface area contributed by atoms with E-state index in [9.17, 15) is 0 Å². The van der Waals surface area contributed by atoms with Crippen LogP contribution in [0.5, 0.6) is 0 Å². The highest BCUT2D eigenvalue weighted by Gasteiger charge is 2.18. The van der Waals surface area contributed by atoms with Crippen LogP contribution < -0.4 is 10.6 Å². The maximum atomic E-state index is 5.89. The average Bonchev–Trinajstić information content (AvgIpc) is 2.36. The van der Waals surface area contributed by atoms with Gasteiger partial charge < -0.3 is 10.6 Å². The van der Waals surface area contributed by atoms with Gasteiger partial charge in [-0.1, -0.05) is 33.0 Å². The fourth-order valence-electron chi connectivity index (χ4n) is 2.13. The fraction of sp³-hybridized carbons (Fsp3) is 0.615. The van der Waals surface area contributed by atoms with Gasteiger partial charge in [0.05, 0.1) is 11.3 Å². The van der Waals surface area contributed by atoms with Crippen molar-refractivity contribution in [2.24, 2.45) is 5.73 Å². The second-order valence-corrected chi connectivity index (χ2v) is 4.76. The Morgan fingerprint density at radius 3 is 2.33 bits per heavy atom. The normalized spacial score (nSPS) is 10.4. The SMILES string of the molecule is CCCN(C)c1nnc(CC)c(CC)c1C(N)=S. The second-order valence-electron chi connectivity index (χ2n) is 4.32. The van der Waals surface area contributed by atoms with Crippen LogP contribution >= 0.6 is 12.2 Å². The van der Waals surface area contributed by atoms with Crippen molar-refractivity contribution in [1.82, 2.24) is 10.2 Å². The molecule has 0 fully saturated rings. The Balaban J connectivity index is 3.39. The molecule has 1 rings (SSSR count). The zero-order chi connectivity index (χ0) is 13.7. The number of hydrogen-bond acceptors (Lipinski definition) is 4. The van der Waals surface area contributed by atoms with E-state index in [-0.39, 0.29) is 0 Å². The maximum absolute atomic E-state index is 5.89. The van der Waals surface area contributed by atoms with Crippen LogP contribution in [0.2, 0.25) is 0 Å². The Hall–Kier alpha value is -1.23. The minimum Gasteiger partial charge on any atom is -0.389 e. The number of nitrogens with two attached hydrogens (primary N) is 1. The quantitative estimate of drug-likeness (QED) is 0.799. The van der Waals surface area contributed by atoms with Crippen molar-refractivity contribution < 1.29 is 0 Å². The molecule has 0 atom stereocenters. The predicted molar refractivity (Wildman–Crippen MR) is 80.2 cm³/mol. The van der Waals surface area contributed by atoms with Gasteiger partial charge in [-0.3, -0.25) is 0 Å². The van der Waals surface area contributed by atoms with E-state index in [0.29, 0.717) is 4.99 Å². The van der Waals surface area contributed by atoms with Gasteiger partial charge in [0, 0.05) is 13.6 Å². The molecule has 0 aliphatic carbocycles. The van der Waals surface area contributed by atoms with Crippen LogP contribution in [0.15, 0.2) is 0 Å². The van der Waals surface area contributed by atoms with Crippen molar-refractivity contribution in [3.05, 3.63) is 16.8 Å². The lowest BCUT2D eigenvalue weighted by Crippen LogP contribution is -2.26. The van der Waals surface area contributed by atoms with Gasteiger partial charge in [0.2, 0.25) is 0 Å². The summed E-state index contributed by atoms with van der Waals surface area (Å²) >= 11 is 5.20. The number of thiocarbonyl (C=S) groups is 1. The highest BCUT2D eigenvalue weighted by Crippen LogP contribution is 2.23. The number of rotatable bonds is 6. The predicted octanol–water partition coefficient (Wildman–Crippen LogP) is 2.08. The van der Waals surface area contributed by atoms with Crippen molar-refractivity contribution in [1.29, 1.82) is 0 Å². The highest BCUT2D eigenvalue weighted by molar-refractivity contribution is 7.80. The topological polar surface area (TPSA) is 55.0 Å². The summed E-state index contributed by atoms with van der Waals surface area (Å²) in [5.41, 5.74) is 8.92. The van der Waals surface area contributed by atoms with E-state index < -0.39 is 0 Å². The summed E-state index contributed by atoms with van der Waals surface area (Å²) in [5, 5.41) is 8.61. The lowest BCUT2D eigenvalue weighted by atomic mass is 10.0. The monoisotopic (exact) mass is 266 g/mol. The number of aryl methyl sites for hydroxylation is 1.